The second-order valence-corrected chi connectivity index (χ2v) is 8.51. The number of likely N-dealkylation sites (tertiary alicyclic amines) is 1. The first-order valence-electron chi connectivity index (χ1n) is 10.3. The van der Waals surface area contributed by atoms with E-state index < -0.39 is 0 Å². The summed E-state index contributed by atoms with van der Waals surface area (Å²) in [5.74, 6) is 2.05. The molecule has 6 heteroatoms. The van der Waals surface area contributed by atoms with Crippen molar-refractivity contribution in [2.45, 2.75) is 20.3 Å². The fraction of sp³-hybridized carbons (Fsp3) is 0.545. The predicted molar refractivity (Wildman–Crippen MR) is 110 cm³/mol. The van der Waals surface area contributed by atoms with E-state index in [9.17, 15) is 9.18 Å². The van der Waals surface area contributed by atoms with Gasteiger partial charge in [-0.3, -0.25) is 9.69 Å². The smallest absolute Gasteiger partial charge is 0.236 e. The number of hydrogen-bond acceptors (Lipinski definition) is 4. The molecule has 0 radical (unpaired) electrons. The molecule has 0 spiro atoms. The van der Waals surface area contributed by atoms with Crippen LogP contribution in [0.4, 0.5) is 10.2 Å². The molecule has 3 heterocycles. The van der Waals surface area contributed by atoms with Crippen molar-refractivity contribution < 1.29 is 9.18 Å². The highest BCUT2D eigenvalue weighted by molar-refractivity contribution is 5.80. The summed E-state index contributed by atoms with van der Waals surface area (Å²) in [6, 6.07) is 8.69. The molecule has 5 nitrogen and oxygen atoms in total. The molecule has 2 fully saturated rings. The fourth-order valence-corrected chi connectivity index (χ4v) is 4.55. The summed E-state index contributed by atoms with van der Waals surface area (Å²) >= 11 is 0. The van der Waals surface area contributed by atoms with E-state index >= 15 is 0 Å². The largest absolute Gasteiger partial charge is 0.354 e. The molecule has 1 amide bonds. The van der Waals surface area contributed by atoms with Crippen LogP contribution >= 0.6 is 0 Å². The maximum atomic E-state index is 13.5. The maximum absolute atomic E-state index is 13.5. The Morgan fingerprint density at radius 2 is 1.75 bits per heavy atom. The lowest BCUT2D eigenvalue weighted by Crippen LogP contribution is -2.52. The number of piperazine rings is 1. The molecule has 0 saturated carbocycles. The highest BCUT2D eigenvalue weighted by Gasteiger charge is 2.27. The van der Waals surface area contributed by atoms with Crippen molar-refractivity contribution in [3.63, 3.8) is 0 Å². The van der Waals surface area contributed by atoms with Gasteiger partial charge in [-0.05, 0) is 42.5 Å². The first-order chi connectivity index (χ1) is 13.5. The number of carbonyl (C=O) groups excluding carboxylic acids is 1. The lowest BCUT2D eigenvalue weighted by atomic mass is 9.92. The van der Waals surface area contributed by atoms with E-state index in [1.54, 1.807) is 6.07 Å². The molecule has 1 aromatic heterocycles. The van der Waals surface area contributed by atoms with Gasteiger partial charge in [-0.15, -0.1) is 0 Å². The summed E-state index contributed by atoms with van der Waals surface area (Å²) < 4.78 is 13.5. The molecular formula is C22H29FN4O. The molecule has 1 aromatic carbocycles. The van der Waals surface area contributed by atoms with Crippen LogP contribution in [-0.4, -0.2) is 66.5 Å². The Hall–Kier alpha value is -2.21. The van der Waals surface area contributed by atoms with Gasteiger partial charge in [0.1, 0.15) is 11.6 Å². The van der Waals surface area contributed by atoms with Crippen LogP contribution in [0, 0.1) is 17.7 Å². The summed E-state index contributed by atoms with van der Waals surface area (Å²) in [5, 5.41) is 0.944. The van der Waals surface area contributed by atoms with Gasteiger partial charge in [-0.25, -0.2) is 9.37 Å². The first kappa shape index (κ1) is 19.1. The number of fused-ring (bicyclic) bond motifs is 1. The van der Waals surface area contributed by atoms with Gasteiger partial charge in [0.25, 0.3) is 0 Å². The third kappa shape index (κ3) is 4.27. The highest BCUT2D eigenvalue weighted by Crippen LogP contribution is 2.22. The second kappa shape index (κ2) is 8.03. The number of pyridine rings is 1. The van der Waals surface area contributed by atoms with E-state index in [4.69, 9.17) is 0 Å². The number of piperidine rings is 1. The van der Waals surface area contributed by atoms with Gasteiger partial charge >= 0.3 is 0 Å². The monoisotopic (exact) mass is 384 g/mol. The zero-order valence-corrected chi connectivity index (χ0v) is 16.8. The van der Waals surface area contributed by atoms with Crippen molar-refractivity contribution in [1.82, 2.24) is 14.8 Å². The van der Waals surface area contributed by atoms with Crippen LogP contribution in [-0.2, 0) is 4.79 Å². The van der Waals surface area contributed by atoms with Crippen molar-refractivity contribution in [3.05, 3.63) is 36.1 Å². The minimum Gasteiger partial charge on any atom is -0.354 e. The molecule has 4 rings (SSSR count). The number of benzene rings is 1. The molecule has 0 aliphatic carbocycles. The number of halogens is 1. The molecule has 0 N–H and O–H groups in total. The van der Waals surface area contributed by atoms with E-state index in [2.05, 4.69) is 28.6 Å². The molecule has 2 aliphatic rings. The predicted octanol–water partition coefficient (Wildman–Crippen LogP) is 3.00. The van der Waals surface area contributed by atoms with Gasteiger partial charge in [-0.1, -0.05) is 13.8 Å². The summed E-state index contributed by atoms with van der Waals surface area (Å²) in [5.41, 5.74) is 0.684. The number of anilines is 1. The third-order valence-corrected chi connectivity index (χ3v) is 5.92. The van der Waals surface area contributed by atoms with Crippen molar-refractivity contribution in [2.75, 3.05) is 50.7 Å². The number of aromatic nitrogens is 1. The standard InChI is InChI=1S/C22H29FN4O/c1-16-11-17(2)14-27(13-16)22(28)15-25-7-9-26(10-8-25)21-6-4-18-3-5-19(23)12-20(18)24-21/h3-6,12,16-17H,7-11,13-15H2,1-2H3/t16-,17+. The Balaban J connectivity index is 1.34. The van der Waals surface area contributed by atoms with Gasteiger partial charge in [0, 0.05) is 50.7 Å². The highest BCUT2D eigenvalue weighted by atomic mass is 19.1. The topological polar surface area (TPSA) is 39.7 Å². The summed E-state index contributed by atoms with van der Waals surface area (Å²) in [4.78, 5) is 23.8. The van der Waals surface area contributed by atoms with E-state index in [1.807, 2.05) is 17.0 Å². The lowest BCUT2D eigenvalue weighted by Gasteiger charge is -2.38. The van der Waals surface area contributed by atoms with Crippen LogP contribution in [0.1, 0.15) is 20.3 Å². The molecule has 28 heavy (non-hydrogen) atoms. The first-order valence-corrected chi connectivity index (χ1v) is 10.3. The number of rotatable bonds is 3. The van der Waals surface area contributed by atoms with Crippen LogP contribution in [0.3, 0.4) is 0 Å². The van der Waals surface area contributed by atoms with Crippen LogP contribution in [0.5, 0.6) is 0 Å². The quantitative estimate of drug-likeness (QED) is 0.816. The zero-order chi connectivity index (χ0) is 19.7. The maximum Gasteiger partial charge on any atom is 0.236 e. The molecule has 2 atom stereocenters. The zero-order valence-electron chi connectivity index (χ0n) is 16.8. The minimum absolute atomic E-state index is 0.256. The Bertz CT molecular complexity index is 840. The average molecular weight is 384 g/mol. The van der Waals surface area contributed by atoms with Gasteiger partial charge in [0.15, 0.2) is 0 Å². The molecular weight excluding hydrogens is 355 g/mol. The summed E-state index contributed by atoms with van der Waals surface area (Å²) in [6.45, 7) is 10.1. The van der Waals surface area contributed by atoms with Crippen molar-refractivity contribution >= 4 is 22.6 Å². The van der Waals surface area contributed by atoms with Gasteiger partial charge in [0.2, 0.25) is 5.91 Å². The Labute approximate surface area is 166 Å². The Morgan fingerprint density at radius 3 is 2.46 bits per heavy atom. The van der Waals surface area contributed by atoms with Crippen molar-refractivity contribution in [2.24, 2.45) is 11.8 Å². The minimum atomic E-state index is -0.262. The van der Waals surface area contributed by atoms with E-state index in [0.29, 0.717) is 23.9 Å². The molecule has 0 unspecified atom stereocenters. The Kier molecular flexibility index (Phi) is 5.49. The number of carbonyl (C=O) groups is 1. The van der Waals surface area contributed by atoms with E-state index in [-0.39, 0.29) is 11.7 Å². The van der Waals surface area contributed by atoms with Crippen LogP contribution in [0.2, 0.25) is 0 Å². The van der Waals surface area contributed by atoms with Gasteiger partial charge < -0.3 is 9.80 Å². The third-order valence-electron chi connectivity index (χ3n) is 5.92. The van der Waals surface area contributed by atoms with Gasteiger partial charge in [-0.2, -0.15) is 0 Å². The summed E-state index contributed by atoms with van der Waals surface area (Å²) in [6.07, 6.45) is 1.21. The molecule has 2 saturated heterocycles. The average Bonchev–Trinajstić information content (AvgIpc) is 2.67. The summed E-state index contributed by atoms with van der Waals surface area (Å²) in [7, 11) is 0. The van der Waals surface area contributed by atoms with Crippen molar-refractivity contribution in [1.29, 1.82) is 0 Å². The Morgan fingerprint density at radius 1 is 1.07 bits per heavy atom. The molecule has 2 aromatic rings. The molecule has 0 bridgehead atoms. The van der Waals surface area contributed by atoms with Crippen LogP contribution in [0.25, 0.3) is 10.9 Å². The normalized spacial score (nSPS) is 24.0. The lowest BCUT2D eigenvalue weighted by molar-refractivity contribution is -0.135. The number of hydrogen-bond donors (Lipinski definition) is 0. The van der Waals surface area contributed by atoms with Crippen molar-refractivity contribution in [3.8, 4) is 0 Å². The van der Waals surface area contributed by atoms with Crippen LogP contribution < -0.4 is 4.90 Å². The van der Waals surface area contributed by atoms with E-state index in [0.717, 1.165) is 50.5 Å². The second-order valence-electron chi connectivity index (χ2n) is 8.51. The SMILES string of the molecule is C[C@@H]1C[C@H](C)CN(C(=O)CN2CCN(c3ccc4ccc(F)cc4n3)CC2)C1. The molecule has 2 aliphatic heterocycles. The number of amides is 1. The molecule has 150 valence electrons. The number of nitrogens with zero attached hydrogens (tertiary/aromatic N) is 4. The fourth-order valence-electron chi connectivity index (χ4n) is 4.55. The van der Waals surface area contributed by atoms with Gasteiger partial charge in [0.05, 0.1) is 12.1 Å². The van der Waals surface area contributed by atoms with Crippen LogP contribution in [0.15, 0.2) is 30.3 Å². The van der Waals surface area contributed by atoms with E-state index in [1.165, 1.54) is 18.6 Å².